The van der Waals surface area contributed by atoms with Crippen LogP contribution < -0.4 is 0 Å². The number of nitrogens with one attached hydrogen (secondary N) is 1. The van der Waals surface area contributed by atoms with Gasteiger partial charge in [-0.2, -0.15) is 0 Å². The summed E-state index contributed by atoms with van der Waals surface area (Å²) in [6.45, 7) is 3.87. The lowest BCUT2D eigenvalue weighted by Gasteiger charge is -2.22. The van der Waals surface area contributed by atoms with E-state index in [1.54, 1.807) is 6.33 Å². The molecule has 0 unspecified atom stereocenters. The van der Waals surface area contributed by atoms with Gasteiger partial charge in [0.1, 0.15) is 0 Å². The van der Waals surface area contributed by atoms with Crippen molar-refractivity contribution in [2.75, 3.05) is 13.1 Å². The standard InChI is InChI=1S/C15H19N3O/c1-2-7-18(9-11-3-4-11)15(19)12-5-6-13-14(8-12)17-10-16-13/h5-6,8,10-11H,2-4,7,9H2,1H3,(H,16,17). The molecule has 0 bridgehead atoms. The zero-order chi connectivity index (χ0) is 13.2. The Labute approximate surface area is 112 Å². The quantitative estimate of drug-likeness (QED) is 0.895. The monoisotopic (exact) mass is 257 g/mol. The number of nitrogens with zero attached hydrogens (tertiary/aromatic N) is 2. The number of hydrogen-bond acceptors (Lipinski definition) is 2. The first-order valence-electron chi connectivity index (χ1n) is 7.00. The number of imidazole rings is 1. The molecule has 0 aliphatic heterocycles. The fourth-order valence-corrected chi connectivity index (χ4v) is 2.41. The Hall–Kier alpha value is -1.84. The minimum Gasteiger partial charge on any atom is -0.345 e. The van der Waals surface area contributed by atoms with Crippen molar-refractivity contribution < 1.29 is 4.79 Å². The van der Waals surface area contributed by atoms with E-state index in [4.69, 9.17) is 0 Å². The van der Waals surface area contributed by atoms with E-state index in [9.17, 15) is 4.79 Å². The van der Waals surface area contributed by atoms with Crippen LogP contribution in [0.1, 0.15) is 36.5 Å². The molecule has 0 spiro atoms. The highest BCUT2D eigenvalue weighted by Crippen LogP contribution is 2.30. The van der Waals surface area contributed by atoms with Gasteiger partial charge in [0.25, 0.3) is 5.91 Å². The van der Waals surface area contributed by atoms with Gasteiger partial charge >= 0.3 is 0 Å². The Kier molecular flexibility index (Phi) is 3.23. The van der Waals surface area contributed by atoms with Gasteiger partial charge in [0.2, 0.25) is 0 Å². The third-order valence-corrected chi connectivity index (χ3v) is 3.62. The number of rotatable bonds is 5. The van der Waals surface area contributed by atoms with Crippen molar-refractivity contribution in [2.24, 2.45) is 5.92 Å². The highest BCUT2D eigenvalue weighted by molar-refractivity contribution is 5.97. The Bertz CT molecular complexity index is 586. The van der Waals surface area contributed by atoms with Gasteiger partial charge in [0.15, 0.2) is 0 Å². The molecule has 1 aliphatic rings. The van der Waals surface area contributed by atoms with Crippen LogP contribution in [0.2, 0.25) is 0 Å². The van der Waals surface area contributed by atoms with Crippen LogP contribution in [0, 0.1) is 5.92 Å². The molecule has 1 heterocycles. The number of fused-ring (bicyclic) bond motifs is 1. The molecule has 1 aromatic carbocycles. The SMILES string of the molecule is CCCN(CC1CC1)C(=O)c1ccc2nc[nH]c2c1. The average Bonchev–Trinajstić information content (AvgIpc) is 3.11. The average molecular weight is 257 g/mol. The van der Waals surface area contributed by atoms with Crippen molar-refractivity contribution in [1.82, 2.24) is 14.9 Å². The molecule has 100 valence electrons. The predicted octanol–water partition coefficient (Wildman–Crippen LogP) is 2.83. The molecule has 4 nitrogen and oxygen atoms in total. The summed E-state index contributed by atoms with van der Waals surface area (Å²) in [5.41, 5.74) is 2.58. The van der Waals surface area contributed by atoms with E-state index in [0.29, 0.717) is 0 Å². The third-order valence-electron chi connectivity index (χ3n) is 3.62. The highest BCUT2D eigenvalue weighted by Gasteiger charge is 2.26. The molecule has 3 rings (SSSR count). The van der Waals surface area contributed by atoms with E-state index in [1.165, 1.54) is 12.8 Å². The predicted molar refractivity (Wildman–Crippen MR) is 75.0 cm³/mol. The van der Waals surface area contributed by atoms with Gasteiger partial charge in [0, 0.05) is 18.7 Å². The van der Waals surface area contributed by atoms with Crippen molar-refractivity contribution in [3.8, 4) is 0 Å². The van der Waals surface area contributed by atoms with Crippen molar-refractivity contribution >= 4 is 16.9 Å². The molecular formula is C15H19N3O. The molecule has 0 radical (unpaired) electrons. The first-order chi connectivity index (χ1) is 9.28. The smallest absolute Gasteiger partial charge is 0.253 e. The Morgan fingerprint density at radius 1 is 1.47 bits per heavy atom. The van der Waals surface area contributed by atoms with E-state index in [2.05, 4.69) is 16.9 Å². The second kappa shape index (κ2) is 5.03. The zero-order valence-electron chi connectivity index (χ0n) is 11.2. The fourth-order valence-electron chi connectivity index (χ4n) is 2.41. The van der Waals surface area contributed by atoms with Crippen LogP contribution >= 0.6 is 0 Å². The maximum absolute atomic E-state index is 12.6. The summed E-state index contributed by atoms with van der Waals surface area (Å²) in [7, 11) is 0. The third kappa shape index (κ3) is 2.62. The van der Waals surface area contributed by atoms with E-state index in [-0.39, 0.29) is 5.91 Å². The lowest BCUT2D eigenvalue weighted by Crippen LogP contribution is -2.33. The van der Waals surface area contributed by atoms with Crippen LogP contribution in [0.15, 0.2) is 24.5 Å². The van der Waals surface area contributed by atoms with Crippen molar-refractivity contribution in [3.63, 3.8) is 0 Å². The highest BCUT2D eigenvalue weighted by atomic mass is 16.2. The first kappa shape index (κ1) is 12.2. The van der Waals surface area contributed by atoms with E-state index in [0.717, 1.165) is 42.0 Å². The summed E-state index contributed by atoms with van der Waals surface area (Å²) in [6.07, 6.45) is 5.21. The largest absolute Gasteiger partial charge is 0.345 e. The second-order valence-electron chi connectivity index (χ2n) is 5.33. The maximum atomic E-state index is 12.6. The van der Waals surface area contributed by atoms with Gasteiger partial charge < -0.3 is 9.88 Å². The van der Waals surface area contributed by atoms with Crippen molar-refractivity contribution in [2.45, 2.75) is 26.2 Å². The molecule has 1 fully saturated rings. The van der Waals surface area contributed by atoms with Crippen LogP contribution in [0.5, 0.6) is 0 Å². The van der Waals surface area contributed by atoms with E-state index in [1.807, 2.05) is 23.1 Å². The zero-order valence-corrected chi connectivity index (χ0v) is 11.2. The summed E-state index contributed by atoms with van der Waals surface area (Å²) >= 11 is 0. The summed E-state index contributed by atoms with van der Waals surface area (Å²) in [4.78, 5) is 21.8. The van der Waals surface area contributed by atoms with Crippen molar-refractivity contribution in [1.29, 1.82) is 0 Å². The number of amides is 1. The number of carbonyl (C=O) groups is 1. The number of carbonyl (C=O) groups excluding carboxylic acids is 1. The number of aromatic nitrogens is 2. The molecular weight excluding hydrogens is 238 g/mol. The van der Waals surface area contributed by atoms with Gasteiger partial charge in [-0.15, -0.1) is 0 Å². The Morgan fingerprint density at radius 3 is 3.05 bits per heavy atom. The van der Waals surface area contributed by atoms with Gasteiger partial charge in [-0.1, -0.05) is 6.92 Å². The molecule has 1 aliphatic carbocycles. The van der Waals surface area contributed by atoms with Crippen molar-refractivity contribution in [3.05, 3.63) is 30.1 Å². The van der Waals surface area contributed by atoms with E-state index >= 15 is 0 Å². The number of benzene rings is 1. The lowest BCUT2D eigenvalue weighted by atomic mass is 10.1. The van der Waals surface area contributed by atoms with Gasteiger partial charge in [-0.25, -0.2) is 4.98 Å². The molecule has 4 heteroatoms. The lowest BCUT2D eigenvalue weighted by molar-refractivity contribution is 0.0748. The molecule has 1 amide bonds. The minimum absolute atomic E-state index is 0.144. The van der Waals surface area contributed by atoms with Crippen LogP contribution in [-0.2, 0) is 0 Å². The summed E-state index contributed by atoms with van der Waals surface area (Å²) in [6, 6.07) is 5.68. The van der Waals surface area contributed by atoms with Gasteiger partial charge in [-0.3, -0.25) is 4.79 Å². The Balaban J connectivity index is 1.82. The number of H-pyrrole nitrogens is 1. The maximum Gasteiger partial charge on any atom is 0.253 e. The first-order valence-corrected chi connectivity index (χ1v) is 7.00. The topological polar surface area (TPSA) is 49.0 Å². The summed E-state index contributed by atoms with van der Waals surface area (Å²) in [5.74, 6) is 0.872. The molecule has 19 heavy (non-hydrogen) atoms. The fraction of sp³-hybridized carbons (Fsp3) is 0.467. The molecule has 0 saturated heterocycles. The van der Waals surface area contributed by atoms with Gasteiger partial charge in [-0.05, 0) is 43.4 Å². The normalized spacial score (nSPS) is 14.8. The molecule has 1 saturated carbocycles. The second-order valence-corrected chi connectivity index (χ2v) is 5.33. The van der Waals surface area contributed by atoms with Crippen LogP contribution in [-0.4, -0.2) is 33.9 Å². The Morgan fingerprint density at radius 2 is 2.32 bits per heavy atom. The number of aromatic amines is 1. The van der Waals surface area contributed by atoms with E-state index < -0.39 is 0 Å². The molecule has 1 aromatic heterocycles. The number of hydrogen-bond donors (Lipinski definition) is 1. The van der Waals surface area contributed by atoms with Gasteiger partial charge in [0.05, 0.1) is 17.4 Å². The van der Waals surface area contributed by atoms with Crippen LogP contribution in [0.25, 0.3) is 11.0 Å². The molecule has 2 aromatic rings. The summed E-state index contributed by atoms with van der Waals surface area (Å²) < 4.78 is 0. The minimum atomic E-state index is 0.144. The van der Waals surface area contributed by atoms with Crippen LogP contribution in [0.3, 0.4) is 0 Å². The van der Waals surface area contributed by atoms with Crippen LogP contribution in [0.4, 0.5) is 0 Å². The summed E-state index contributed by atoms with van der Waals surface area (Å²) in [5, 5.41) is 0. The molecule has 0 atom stereocenters. The molecule has 1 N–H and O–H groups in total.